The number of aromatic carboxylic acids is 1. The zero-order valence-corrected chi connectivity index (χ0v) is 9.34. The van der Waals surface area contributed by atoms with Gasteiger partial charge in [-0.15, -0.1) is 32.9 Å². The summed E-state index contributed by atoms with van der Waals surface area (Å²) in [5.41, 5.74) is 0. The molecule has 0 saturated carbocycles. The molecule has 3 rings (SSSR count). The summed E-state index contributed by atoms with van der Waals surface area (Å²) in [5, 5.41) is 17.8. The van der Waals surface area contributed by atoms with Crippen molar-refractivity contribution in [2.45, 2.75) is 0 Å². The SMILES string of the molecule is O=C(O)c1nnc(-c2cc3sccc3s2)o1. The highest BCUT2D eigenvalue weighted by Gasteiger charge is 2.16. The fraction of sp³-hybridized carbons (Fsp3) is 0. The lowest BCUT2D eigenvalue weighted by molar-refractivity contribution is 0.0654. The molecule has 5 nitrogen and oxygen atoms in total. The predicted octanol–water partition coefficient (Wildman–Crippen LogP) is 2.71. The van der Waals surface area contributed by atoms with Gasteiger partial charge in [-0.25, -0.2) is 4.79 Å². The quantitative estimate of drug-likeness (QED) is 0.758. The zero-order chi connectivity index (χ0) is 11.1. The molecule has 7 heteroatoms. The summed E-state index contributed by atoms with van der Waals surface area (Å²) >= 11 is 3.12. The average Bonchev–Trinajstić information content (AvgIpc) is 2.91. The first-order valence-corrected chi connectivity index (χ1v) is 5.98. The first-order chi connectivity index (χ1) is 7.74. The molecule has 0 fully saturated rings. The van der Waals surface area contributed by atoms with E-state index >= 15 is 0 Å². The van der Waals surface area contributed by atoms with Crippen LogP contribution in [0.1, 0.15) is 10.7 Å². The number of aromatic nitrogens is 2. The molecule has 1 N–H and O–H groups in total. The van der Waals surface area contributed by atoms with Gasteiger partial charge in [-0.05, 0) is 17.5 Å². The normalized spacial score (nSPS) is 11.0. The van der Waals surface area contributed by atoms with Gasteiger partial charge in [0, 0.05) is 9.40 Å². The Bertz CT molecular complexity index is 638. The molecule has 3 aromatic heterocycles. The van der Waals surface area contributed by atoms with Crippen LogP contribution < -0.4 is 0 Å². The minimum Gasteiger partial charge on any atom is -0.474 e. The fourth-order valence-electron chi connectivity index (χ4n) is 1.28. The summed E-state index contributed by atoms with van der Waals surface area (Å²) in [6.45, 7) is 0. The number of carboxylic acids is 1. The molecule has 0 atom stereocenters. The molecule has 0 unspecified atom stereocenters. The molecule has 0 aliphatic rings. The Hall–Kier alpha value is -1.73. The third-order valence-electron chi connectivity index (χ3n) is 1.96. The first kappa shape index (κ1) is 9.49. The molecule has 0 amide bonds. The average molecular weight is 252 g/mol. The third-order valence-corrected chi connectivity index (χ3v) is 4.04. The topological polar surface area (TPSA) is 76.2 Å². The lowest BCUT2D eigenvalue weighted by atomic mass is 10.4. The summed E-state index contributed by atoms with van der Waals surface area (Å²) in [6, 6.07) is 3.92. The second kappa shape index (κ2) is 3.39. The van der Waals surface area contributed by atoms with E-state index in [0.29, 0.717) is 0 Å². The summed E-state index contributed by atoms with van der Waals surface area (Å²) in [6.07, 6.45) is 0. The van der Waals surface area contributed by atoms with Crippen molar-refractivity contribution >= 4 is 38.0 Å². The number of rotatable bonds is 2. The van der Waals surface area contributed by atoms with Crippen molar-refractivity contribution in [3.8, 4) is 10.8 Å². The predicted molar refractivity (Wildman–Crippen MR) is 60.0 cm³/mol. The summed E-state index contributed by atoms with van der Waals surface area (Å²) in [5.74, 6) is -1.34. The molecule has 0 radical (unpaired) electrons. The summed E-state index contributed by atoms with van der Waals surface area (Å²) in [4.78, 5) is 11.4. The van der Waals surface area contributed by atoms with E-state index in [1.165, 1.54) is 11.3 Å². The van der Waals surface area contributed by atoms with Crippen molar-refractivity contribution < 1.29 is 14.3 Å². The Labute approximate surface area is 97.0 Å². The highest BCUT2D eigenvalue weighted by Crippen LogP contribution is 2.35. The molecule has 3 aromatic rings. The minimum atomic E-state index is -1.21. The Kier molecular flexibility index (Phi) is 2.01. The zero-order valence-electron chi connectivity index (χ0n) is 7.71. The Morgan fingerprint density at radius 3 is 2.94 bits per heavy atom. The standard InChI is InChI=1S/C9H4N2O3S2/c12-9(13)8-11-10-7(14-8)6-3-5-4(16-6)1-2-15-5/h1-3H,(H,12,13). The number of fused-ring (bicyclic) bond motifs is 1. The maximum absolute atomic E-state index is 10.6. The molecular formula is C9H4N2O3S2. The smallest absolute Gasteiger partial charge is 0.393 e. The van der Waals surface area contributed by atoms with Crippen LogP contribution in [0, 0.1) is 0 Å². The number of hydrogen-bond acceptors (Lipinski definition) is 6. The van der Waals surface area contributed by atoms with E-state index in [1.807, 2.05) is 17.5 Å². The summed E-state index contributed by atoms with van der Waals surface area (Å²) in [7, 11) is 0. The molecule has 0 spiro atoms. The van der Waals surface area contributed by atoms with Gasteiger partial charge in [-0.2, -0.15) is 0 Å². The second-order valence-corrected chi connectivity index (χ2v) is 5.01. The fourth-order valence-corrected chi connectivity index (χ4v) is 3.31. The molecule has 0 aliphatic carbocycles. The molecule has 0 bridgehead atoms. The van der Waals surface area contributed by atoms with Gasteiger partial charge in [-0.1, -0.05) is 0 Å². The van der Waals surface area contributed by atoms with E-state index in [9.17, 15) is 4.79 Å². The molecular weight excluding hydrogens is 248 g/mol. The Morgan fingerprint density at radius 2 is 2.25 bits per heavy atom. The van der Waals surface area contributed by atoms with E-state index < -0.39 is 5.97 Å². The van der Waals surface area contributed by atoms with Crippen LogP contribution in [0.25, 0.3) is 20.2 Å². The van der Waals surface area contributed by atoms with Crippen LogP contribution >= 0.6 is 22.7 Å². The van der Waals surface area contributed by atoms with Crippen LogP contribution in [0.2, 0.25) is 0 Å². The van der Waals surface area contributed by atoms with Crippen LogP contribution in [-0.4, -0.2) is 21.3 Å². The van der Waals surface area contributed by atoms with Gasteiger partial charge in [0.05, 0.1) is 4.88 Å². The van der Waals surface area contributed by atoms with Gasteiger partial charge in [0.25, 0.3) is 5.89 Å². The molecule has 0 aromatic carbocycles. The largest absolute Gasteiger partial charge is 0.474 e. The first-order valence-electron chi connectivity index (χ1n) is 4.28. The number of thiophene rings is 2. The highest BCUT2D eigenvalue weighted by molar-refractivity contribution is 7.28. The number of nitrogens with zero attached hydrogens (tertiary/aromatic N) is 2. The van der Waals surface area contributed by atoms with E-state index in [1.54, 1.807) is 11.3 Å². The molecule has 3 heterocycles. The van der Waals surface area contributed by atoms with E-state index in [2.05, 4.69) is 10.2 Å². The minimum absolute atomic E-state index is 0.255. The van der Waals surface area contributed by atoms with Gasteiger partial charge >= 0.3 is 11.9 Å². The van der Waals surface area contributed by atoms with Crippen LogP contribution in [0.4, 0.5) is 0 Å². The van der Waals surface area contributed by atoms with Crippen molar-refractivity contribution in [3.63, 3.8) is 0 Å². The van der Waals surface area contributed by atoms with Crippen molar-refractivity contribution in [3.05, 3.63) is 23.4 Å². The van der Waals surface area contributed by atoms with Crippen molar-refractivity contribution in [1.29, 1.82) is 0 Å². The van der Waals surface area contributed by atoms with Gasteiger partial charge in [0.1, 0.15) is 0 Å². The van der Waals surface area contributed by atoms with E-state index in [4.69, 9.17) is 9.52 Å². The maximum atomic E-state index is 10.6. The third kappa shape index (κ3) is 1.41. The monoisotopic (exact) mass is 252 g/mol. The van der Waals surface area contributed by atoms with Crippen molar-refractivity contribution in [2.75, 3.05) is 0 Å². The Balaban J connectivity index is 2.08. The van der Waals surface area contributed by atoms with Crippen molar-refractivity contribution in [2.24, 2.45) is 0 Å². The molecule has 80 valence electrons. The van der Waals surface area contributed by atoms with Crippen LogP contribution in [0.3, 0.4) is 0 Å². The van der Waals surface area contributed by atoms with Crippen LogP contribution in [0.5, 0.6) is 0 Å². The van der Waals surface area contributed by atoms with Crippen molar-refractivity contribution in [1.82, 2.24) is 10.2 Å². The lowest BCUT2D eigenvalue weighted by Crippen LogP contribution is -1.95. The highest BCUT2D eigenvalue weighted by atomic mass is 32.1. The lowest BCUT2D eigenvalue weighted by Gasteiger charge is -1.84. The van der Waals surface area contributed by atoms with Gasteiger partial charge in [0.15, 0.2) is 0 Å². The summed E-state index contributed by atoms with van der Waals surface area (Å²) < 4.78 is 7.29. The number of hydrogen-bond donors (Lipinski definition) is 1. The maximum Gasteiger partial charge on any atom is 0.393 e. The molecule has 16 heavy (non-hydrogen) atoms. The number of carboxylic acid groups (broad SMARTS) is 1. The molecule has 0 aliphatic heterocycles. The van der Waals surface area contributed by atoms with Crippen LogP contribution in [-0.2, 0) is 0 Å². The van der Waals surface area contributed by atoms with Gasteiger partial charge in [-0.3, -0.25) is 0 Å². The van der Waals surface area contributed by atoms with E-state index in [0.717, 1.165) is 14.3 Å². The van der Waals surface area contributed by atoms with Gasteiger partial charge in [0.2, 0.25) is 0 Å². The molecule has 0 saturated heterocycles. The van der Waals surface area contributed by atoms with E-state index in [-0.39, 0.29) is 11.8 Å². The van der Waals surface area contributed by atoms with Crippen LogP contribution in [0.15, 0.2) is 21.9 Å². The number of carbonyl (C=O) groups is 1. The second-order valence-electron chi connectivity index (χ2n) is 2.98. The van der Waals surface area contributed by atoms with Gasteiger partial charge < -0.3 is 9.52 Å². The Morgan fingerprint density at radius 1 is 1.38 bits per heavy atom.